The van der Waals surface area contributed by atoms with Crippen LogP contribution in [0.25, 0.3) is 0 Å². The van der Waals surface area contributed by atoms with E-state index < -0.39 is 12.1 Å². The summed E-state index contributed by atoms with van der Waals surface area (Å²) in [4.78, 5) is 27.5. The first-order valence-electron chi connectivity index (χ1n) is 10.4. The Morgan fingerprint density at radius 2 is 1.94 bits per heavy atom. The molecule has 2 aliphatic heterocycles. The van der Waals surface area contributed by atoms with Gasteiger partial charge in [0, 0.05) is 37.1 Å². The van der Waals surface area contributed by atoms with E-state index in [1.165, 1.54) is 0 Å². The van der Waals surface area contributed by atoms with E-state index in [1.807, 2.05) is 18.2 Å². The van der Waals surface area contributed by atoms with E-state index >= 15 is 0 Å². The van der Waals surface area contributed by atoms with Crippen LogP contribution in [0.5, 0.6) is 5.88 Å². The second-order valence-corrected chi connectivity index (χ2v) is 8.29. The third-order valence-corrected chi connectivity index (χ3v) is 5.59. The van der Waals surface area contributed by atoms with Crippen LogP contribution in [0, 0.1) is 0 Å². The molecule has 3 fully saturated rings. The van der Waals surface area contributed by atoms with Gasteiger partial charge in [0.25, 0.3) is 5.91 Å². The zero-order valence-corrected chi connectivity index (χ0v) is 17.5. The predicted molar refractivity (Wildman–Crippen MR) is 105 cm³/mol. The molecule has 1 unspecified atom stereocenters. The number of carboxylic acids is 1. The number of carbonyl (C=O) groups is 2. The maximum absolute atomic E-state index is 12.6. The van der Waals surface area contributed by atoms with Gasteiger partial charge in [-0.3, -0.25) is 4.79 Å². The number of pyridine rings is 1. The number of nitrogens with zero attached hydrogens (tertiary/aromatic N) is 3. The summed E-state index contributed by atoms with van der Waals surface area (Å²) in [7, 11) is 0. The second-order valence-electron chi connectivity index (χ2n) is 8.29. The van der Waals surface area contributed by atoms with Crippen molar-refractivity contribution in [2.75, 3.05) is 19.7 Å². The summed E-state index contributed by atoms with van der Waals surface area (Å²) in [6, 6.07) is 7.43. The molecular formula is C21H22F3N3O6. The monoisotopic (exact) mass is 469 g/mol. The molecule has 2 aromatic heterocycles. The maximum atomic E-state index is 12.6. The van der Waals surface area contributed by atoms with Gasteiger partial charge in [0.2, 0.25) is 5.88 Å². The van der Waals surface area contributed by atoms with Gasteiger partial charge in [-0.15, -0.1) is 0 Å². The first-order chi connectivity index (χ1) is 15.7. The maximum Gasteiger partial charge on any atom is 0.490 e. The largest absolute Gasteiger partial charge is 0.490 e. The number of carbonyl (C=O) groups excluding carboxylic acids is 1. The van der Waals surface area contributed by atoms with Crippen LogP contribution < -0.4 is 4.74 Å². The van der Waals surface area contributed by atoms with E-state index in [2.05, 4.69) is 10.1 Å². The Bertz CT molecular complexity index is 987. The molecular weight excluding hydrogens is 447 g/mol. The molecule has 1 atom stereocenters. The van der Waals surface area contributed by atoms with E-state index in [1.54, 1.807) is 17.2 Å². The fraction of sp³-hybridized carbons (Fsp3) is 0.524. The third-order valence-electron chi connectivity index (χ3n) is 5.59. The molecule has 9 nitrogen and oxygen atoms in total. The average molecular weight is 469 g/mol. The summed E-state index contributed by atoms with van der Waals surface area (Å²) in [6.45, 7) is 1.77. The van der Waals surface area contributed by atoms with Gasteiger partial charge in [-0.25, -0.2) is 9.78 Å². The molecule has 33 heavy (non-hydrogen) atoms. The Kier molecular flexibility index (Phi) is 6.28. The molecule has 4 heterocycles. The SMILES string of the molecule is O=C(O)C(F)(F)F.O=C(c1cc(C2CC2)on1)N1CC2(CC(Oc3ccccn3)CCO2)C1. The number of amides is 1. The molecule has 0 bridgehead atoms. The number of aromatic nitrogens is 2. The third kappa shape index (κ3) is 5.62. The lowest BCUT2D eigenvalue weighted by Gasteiger charge is -2.52. The molecule has 5 rings (SSSR count). The quantitative estimate of drug-likeness (QED) is 0.727. The van der Waals surface area contributed by atoms with E-state index in [0.29, 0.717) is 37.2 Å². The first-order valence-corrected chi connectivity index (χ1v) is 10.4. The van der Waals surface area contributed by atoms with Gasteiger partial charge in [0.05, 0.1) is 19.7 Å². The van der Waals surface area contributed by atoms with Crippen molar-refractivity contribution >= 4 is 11.9 Å². The Morgan fingerprint density at radius 1 is 1.21 bits per heavy atom. The minimum absolute atomic E-state index is 0.0596. The lowest BCUT2D eigenvalue weighted by molar-refractivity contribution is -0.192. The lowest BCUT2D eigenvalue weighted by Crippen LogP contribution is -2.67. The summed E-state index contributed by atoms with van der Waals surface area (Å²) in [6.07, 6.45) is 0.550. The fourth-order valence-electron chi connectivity index (χ4n) is 3.80. The summed E-state index contributed by atoms with van der Waals surface area (Å²) in [5.41, 5.74) is 0.0926. The molecule has 1 N–H and O–H groups in total. The number of carboxylic acid groups (broad SMARTS) is 1. The van der Waals surface area contributed by atoms with Crippen molar-refractivity contribution in [2.24, 2.45) is 0 Å². The van der Waals surface area contributed by atoms with Crippen LogP contribution >= 0.6 is 0 Å². The number of likely N-dealkylation sites (tertiary alicyclic amines) is 1. The zero-order valence-electron chi connectivity index (χ0n) is 17.5. The van der Waals surface area contributed by atoms with E-state index in [4.69, 9.17) is 23.9 Å². The summed E-state index contributed by atoms with van der Waals surface area (Å²) < 4.78 is 49.0. The van der Waals surface area contributed by atoms with E-state index in [9.17, 15) is 18.0 Å². The number of hydrogen-bond acceptors (Lipinski definition) is 7. The van der Waals surface area contributed by atoms with Crippen LogP contribution in [0.2, 0.25) is 0 Å². The highest BCUT2D eigenvalue weighted by Crippen LogP contribution is 2.41. The van der Waals surface area contributed by atoms with Gasteiger partial charge in [0.1, 0.15) is 17.5 Å². The molecule has 1 spiro atoms. The molecule has 0 aromatic carbocycles. The highest BCUT2D eigenvalue weighted by Gasteiger charge is 2.50. The number of hydrogen-bond donors (Lipinski definition) is 1. The fourth-order valence-corrected chi connectivity index (χ4v) is 3.80. The van der Waals surface area contributed by atoms with Crippen molar-refractivity contribution in [2.45, 2.75) is 49.5 Å². The minimum Gasteiger partial charge on any atom is -0.475 e. The van der Waals surface area contributed by atoms with Crippen molar-refractivity contribution in [1.82, 2.24) is 15.0 Å². The minimum atomic E-state index is -5.08. The highest BCUT2D eigenvalue weighted by atomic mass is 19.4. The number of ether oxygens (including phenoxy) is 2. The molecule has 0 radical (unpaired) electrons. The number of alkyl halides is 3. The van der Waals surface area contributed by atoms with Gasteiger partial charge < -0.3 is 24.0 Å². The smallest absolute Gasteiger partial charge is 0.475 e. The molecule has 2 aromatic rings. The van der Waals surface area contributed by atoms with Crippen molar-refractivity contribution in [1.29, 1.82) is 0 Å². The van der Waals surface area contributed by atoms with Crippen molar-refractivity contribution < 1.29 is 41.9 Å². The summed E-state index contributed by atoms with van der Waals surface area (Å²) >= 11 is 0. The topological polar surface area (TPSA) is 115 Å². The lowest BCUT2D eigenvalue weighted by atomic mass is 9.84. The Morgan fingerprint density at radius 3 is 2.55 bits per heavy atom. The average Bonchev–Trinajstić information content (AvgIpc) is 3.49. The summed E-state index contributed by atoms with van der Waals surface area (Å²) in [5.74, 6) is -0.911. The molecule has 3 aliphatic rings. The van der Waals surface area contributed by atoms with Crippen LogP contribution in [0.3, 0.4) is 0 Å². The van der Waals surface area contributed by atoms with E-state index in [0.717, 1.165) is 31.4 Å². The standard InChI is InChI=1S/C19H21N3O4.C2HF3O2/c23-18(15-9-16(26-21-15)13-4-5-13)22-11-19(12-22)10-14(6-8-24-19)25-17-3-1-2-7-20-17;3-2(4,5)1(6)7/h1-3,7,9,13-14H,4-6,8,10-12H2;(H,6,7). The molecule has 178 valence electrons. The zero-order chi connectivity index (χ0) is 23.6. The van der Waals surface area contributed by atoms with Crippen LogP contribution in [0.1, 0.15) is 47.8 Å². The van der Waals surface area contributed by atoms with Crippen molar-refractivity contribution in [3.05, 3.63) is 41.9 Å². The Labute approximate surface area is 186 Å². The van der Waals surface area contributed by atoms with Gasteiger partial charge >= 0.3 is 12.1 Å². The van der Waals surface area contributed by atoms with Crippen LogP contribution in [-0.4, -0.2) is 69.6 Å². The van der Waals surface area contributed by atoms with Gasteiger partial charge in [-0.2, -0.15) is 13.2 Å². The number of rotatable bonds is 4. The molecule has 2 saturated heterocycles. The van der Waals surface area contributed by atoms with Crippen LogP contribution in [0.15, 0.2) is 35.0 Å². The Hall–Kier alpha value is -3.15. The molecule has 1 saturated carbocycles. The van der Waals surface area contributed by atoms with E-state index in [-0.39, 0.29) is 17.6 Å². The second kappa shape index (κ2) is 9.00. The van der Waals surface area contributed by atoms with Crippen LogP contribution in [-0.2, 0) is 9.53 Å². The van der Waals surface area contributed by atoms with Gasteiger partial charge in [-0.1, -0.05) is 11.2 Å². The normalized spacial score (nSPS) is 21.5. The van der Waals surface area contributed by atoms with Crippen LogP contribution in [0.4, 0.5) is 13.2 Å². The number of halogens is 3. The Balaban J connectivity index is 0.000000325. The number of aliphatic carboxylic acids is 1. The van der Waals surface area contributed by atoms with Gasteiger partial charge in [0.15, 0.2) is 5.69 Å². The highest BCUT2D eigenvalue weighted by molar-refractivity contribution is 5.93. The van der Waals surface area contributed by atoms with Crippen molar-refractivity contribution in [3.8, 4) is 5.88 Å². The van der Waals surface area contributed by atoms with Gasteiger partial charge in [-0.05, 0) is 18.9 Å². The predicted octanol–water partition coefficient (Wildman–Crippen LogP) is 3.03. The molecule has 12 heteroatoms. The van der Waals surface area contributed by atoms with Crippen molar-refractivity contribution in [3.63, 3.8) is 0 Å². The molecule has 1 amide bonds. The summed E-state index contributed by atoms with van der Waals surface area (Å²) in [5, 5.41) is 11.1. The first kappa shape index (κ1) is 23.0. The molecule has 1 aliphatic carbocycles.